The number of hydrogen-bond donors (Lipinski definition) is 1. The van der Waals surface area contributed by atoms with Crippen LogP contribution in [0, 0.1) is 17.8 Å². The van der Waals surface area contributed by atoms with Crippen molar-refractivity contribution in [2.24, 2.45) is 17.8 Å². The quantitative estimate of drug-likeness (QED) is 0.732. The van der Waals surface area contributed by atoms with Crippen molar-refractivity contribution >= 4 is 11.9 Å². The average Bonchev–Trinajstić information content (AvgIpc) is 2.96. The first kappa shape index (κ1) is 21.7. The Labute approximate surface area is 190 Å². The van der Waals surface area contributed by atoms with E-state index >= 15 is 0 Å². The summed E-state index contributed by atoms with van der Waals surface area (Å²) in [5.74, 6) is 1.39. The zero-order chi connectivity index (χ0) is 22.3. The summed E-state index contributed by atoms with van der Waals surface area (Å²) >= 11 is 0. The number of piperidine rings is 1. The number of hydrogen-bond acceptors (Lipinski definition) is 2. The molecule has 3 amide bonds. The molecule has 3 saturated carbocycles. The summed E-state index contributed by atoms with van der Waals surface area (Å²) in [5, 5.41) is 3.37. The highest BCUT2D eigenvalue weighted by atomic mass is 19.1. The molecule has 32 heavy (non-hydrogen) atoms. The molecule has 0 radical (unpaired) electrons. The highest BCUT2D eigenvalue weighted by molar-refractivity contribution is 5.94. The van der Waals surface area contributed by atoms with Crippen LogP contribution in [0.1, 0.15) is 73.7 Å². The molecule has 3 bridgehead atoms. The van der Waals surface area contributed by atoms with Gasteiger partial charge in [0.15, 0.2) is 0 Å². The predicted molar refractivity (Wildman–Crippen MR) is 122 cm³/mol. The summed E-state index contributed by atoms with van der Waals surface area (Å²) in [7, 11) is 1.84. The van der Waals surface area contributed by atoms with Crippen LogP contribution in [0.3, 0.4) is 0 Å². The van der Waals surface area contributed by atoms with Gasteiger partial charge in [0, 0.05) is 37.8 Å². The normalized spacial score (nSPS) is 33.6. The van der Waals surface area contributed by atoms with Crippen LogP contribution in [0.15, 0.2) is 24.3 Å². The summed E-state index contributed by atoms with van der Waals surface area (Å²) in [5.41, 5.74) is 1.54. The minimum Gasteiger partial charge on any atom is -0.347 e. The molecule has 3 aliphatic carbocycles. The fourth-order valence-electron chi connectivity index (χ4n) is 7.06. The number of benzene rings is 1. The molecule has 1 N–H and O–H groups in total. The zero-order valence-electron chi connectivity index (χ0n) is 19.2. The topological polar surface area (TPSA) is 52.7 Å². The van der Waals surface area contributed by atoms with E-state index in [-0.39, 0.29) is 17.5 Å². The van der Waals surface area contributed by atoms with E-state index in [4.69, 9.17) is 0 Å². The lowest BCUT2D eigenvalue weighted by molar-refractivity contribution is 0.0838. The van der Waals surface area contributed by atoms with E-state index in [1.165, 1.54) is 6.42 Å². The summed E-state index contributed by atoms with van der Waals surface area (Å²) in [6.45, 7) is 2.23. The van der Waals surface area contributed by atoms with Crippen molar-refractivity contribution < 1.29 is 14.0 Å². The van der Waals surface area contributed by atoms with Crippen LogP contribution in [0.2, 0.25) is 0 Å². The Morgan fingerprint density at radius 3 is 2.44 bits per heavy atom. The Bertz CT molecular complexity index is 849. The second kappa shape index (κ2) is 8.68. The van der Waals surface area contributed by atoms with Gasteiger partial charge in [-0.1, -0.05) is 12.1 Å². The van der Waals surface area contributed by atoms with Crippen molar-refractivity contribution in [3.8, 4) is 0 Å². The van der Waals surface area contributed by atoms with Gasteiger partial charge < -0.3 is 15.1 Å². The van der Waals surface area contributed by atoms with Gasteiger partial charge in [-0.15, -0.1) is 0 Å². The minimum absolute atomic E-state index is 0.0216. The van der Waals surface area contributed by atoms with Gasteiger partial charge in [0.2, 0.25) is 0 Å². The Balaban J connectivity index is 1.19. The van der Waals surface area contributed by atoms with Gasteiger partial charge in [-0.05, 0) is 93.2 Å². The third kappa shape index (κ3) is 4.38. The SMILES string of the molecule is CN(Cc1ccc(C(=O)NC23CC4CC(F)CC(C2)C(C4)C3)cc1)C(=O)N1CCCCC1. The van der Waals surface area contributed by atoms with Gasteiger partial charge in [-0.2, -0.15) is 0 Å². The van der Waals surface area contributed by atoms with Crippen LogP contribution in [0.25, 0.3) is 0 Å². The Kier molecular flexibility index (Phi) is 5.89. The molecule has 6 heteroatoms. The van der Waals surface area contributed by atoms with Crippen molar-refractivity contribution in [2.75, 3.05) is 20.1 Å². The average molecular weight is 442 g/mol. The van der Waals surface area contributed by atoms with Crippen LogP contribution in [-0.2, 0) is 6.54 Å². The maximum absolute atomic E-state index is 14.2. The first-order valence-corrected chi connectivity index (χ1v) is 12.5. The fraction of sp³-hybridized carbons (Fsp3) is 0.692. The monoisotopic (exact) mass is 441 g/mol. The van der Waals surface area contributed by atoms with Gasteiger partial charge >= 0.3 is 6.03 Å². The van der Waals surface area contributed by atoms with E-state index in [1.54, 1.807) is 4.90 Å². The highest BCUT2D eigenvalue weighted by Crippen LogP contribution is 2.55. The molecule has 1 aromatic carbocycles. The molecular weight excluding hydrogens is 405 g/mol. The number of likely N-dealkylation sites (tertiary alicyclic amines) is 1. The lowest BCUT2D eigenvalue weighted by atomic mass is 9.75. The Morgan fingerprint density at radius 2 is 1.72 bits per heavy atom. The molecule has 0 spiro atoms. The standard InChI is InChI=1S/C26H36FN3O2/c1-29(25(32)30-9-3-2-4-10-30)17-18-5-7-20(8-6-18)24(31)28-26-14-19-11-21(15-26)22(16-26)13-23(27)12-19/h5-8,19,21-23H,2-4,9-17H2,1H3,(H,28,31). The van der Waals surface area contributed by atoms with Crippen molar-refractivity contribution in [3.05, 3.63) is 35.4 Å². The number of carbonyl (C=O) groups excluding carboxylic acids is 2. The summed E-state index contributed by atoms with van der Waals surface area (Å²) in [6.07, 6.45) is 8.07. The number of nitrogens with zero attached hydrogens (tertiary/aromatic N) is 2. The van der Waals surface area contributed by atoms with Crippen molar-refractivity contribution in [1.82, 2.24) is 15.1 Å². The van der Waals surface area contributed by atoms with Crippen molar-refractivity contribution in [2.45, 2.75) is 76.0 Å². The number of nitrogens with one attached hydrogen (secondary N) is 1. The van der Waals surface area contributed by atoms with Gasteiger partial charge in [-0.25, -0.2) is 9.18 Å². The number of alkyl halides is 1. The van der Waals surface area contributed by atoms with Crippen LogP contribution < -0.4 is 5.32 Å². The molecule has 1 heterocycles. The molecule has 174 valence electrons. The predicted octanol–water partition coefficient (Wildman–Crippen LogP) is 4.76. The fourth-order valence-corrected chi connectivity index (χ4v) is 7.06. The molecule has 1 aliphatic heterocycles. The summed E-state index contributed by atoms with van der Waals surface area (Å²) in [4.78, 5) is 29.4. The van der Waals surface area contributed by atoms with E-state index in [9.17, 15) is 14.0 Å². The summed E-state index contributed by atoms with van der Waals surface area (Å²) < 4.78 is 14.2. The van der Waals surface area contributed by atoms with Crippen LogP contribution in [0.5, 0.6) is 0 Å². The van der Waals surface area contributed by atoms with Crippen molar-refractivity contribution in [1.29, 1.82) is 0 Å². The van der Waals surface area contributed by atoms with Gasteiger partial charge in [-0.3, -0.25) is 4.79 Å². The molecule has 5 atom stereocenters. The molecule has 1 saturated heterocycles. The molecule has 4 aliphatic rings. The Hall–Kier alpha value is -2.11. The van der Waals surface area contributed by atoms with Crippen LogP contribution in [-0.4, -0.2) is 53.6 Å². The molecule has 5 nitrogen and oxygen atoms in total. The van der Waals surface area contributed by atoms with E-state index in [2.05, 4.69) is 5.32 Å². The van der Waals surface area contributed by atoms with Gasteiger partial charge in [0.25, 0.3) is 5.91 Å². The van der Waals surface area contributed by atoms with Gasteiger partial charge in [0.1, 0.15) is 6.17 Å². The second-order valence-corrected chi connectivity index (χ2v) is 10.9. The first-order valence-electron chi connectivity index (χ1n) is 12.5. The molecule has 0 aromatic heterocycles. The number of urea groups is 1. The van der Waals surface area contributed by atoms with E-state index < -0.39 is 6.17 Å². The third-order valence-electron chi connectivity index (χ3n) is 8.40. The van der Waals surface area contributed by atoms with E-state index in [1.807, 2.05) is 36.2 Å². The maximum Gasteiger partial charge on any atom is 0.320 e. The summed E-state index contributed by atoms with van der Waals surface area (Å²) in [6, 6.07) is 7.73. The number of rotatable bonds is 4. The molecule has 4 fully saturated rings. The molecule has 5 unspecified atom stereocenters. The number of carbonyl (C=O) groups is 2. The molecule has 1 aromatic rings. The third-order valence-corrected chi connectivity index (χ3v) is 8.40. The Morgan fingerprint density at radius 1 is 1.03 bits per heavy atom. The van der Waals surface area contributed by atoms with Crippen LogP contribution >= 0.6 is 0 Å². The number of fused-ring (bicyclic) bond motifs is 2. The largest absolute Gasteiger partial charge is 0.347 e. The maximum atomic E-state index is 14.2. The zero-order valence-corrected chi connectivity index (χ0v) is 19.2. The van der Waals surface area contributed by atoms with E-state index in [0.717, 1.165) is 57.2 Å². The smallest absolute Gasteiger partial charge is 0.320 e. The molecule has 5 rings (SSSR count). The van der Waals surface area contributed by atoms with Gasteiger partial charge in [0.05, 0.1) is 0 Å². The second-order valence-electron chi connectivity index (χ2n) is 10.9. The van der Waals surface area contributed by atoms with Crippen LogP contribution in [0.4, 0.5) is 9.18 Å². The minimum atomic E-state index is -0.658. The highest BCUT2D eigenvalue weighted by Gasteiger charge is 2.53. The lowest BCUT2D eigenvalue weighted by Gasteiger charge is -2.39. The van der Waals surface area contributed by atoms with Crippen molar-refractivity contribution in [3.63, 3.8) is 0 Å². The first-order chi connectivity index (χ1) is 15.4. The lowest BCUT2D eigenvalue weighted by Crippen LogP contribution is -2.50. The van der Waals surface area contributed by atoms with E-state index in [0.29, 0.717) is 42.7 Å². The number of halogens is 1. The molecular formula is C26H36FN3O2. The number of amides is 3.